The largest absolute Gasteiger partial charge is 0.364 e. The summed E-state index contributed by atoms with van der Waals surface area (Å²) in [4.78, 5) is 15.5. The molecule has 0 fully saturated rings. The third-order valence-corrected chi connectivity index (χ3v) is 3.51. The summed E-state index contributed by atoms with van der Waals surface area (Å²) in [6.45, 7) is 10.1. The smallest absolute Gasteiger partial charge is 0.274 e. The van der Waals surface area contributed by atoms with Crippen molar-refractivity contribution < 1.29 is 9.84 Å². The zero-order chi connectivity index (χ0) is 17.4. The van der Waals surface area contributed by atoms with Crippen molar-refractivity contribution in [3.8, 4) is 11.8 Å². The summed E-state index contributed by atoms with van der Waals surface area (Å²) in [5, 5.41) is 10.9. The molecule has 1 atom stereocenters. The van der Waals surface area contributed by atoms with Crippen molar-refractivity contribution in [2.75, 3.05) is 6.61 Å². The molecule has 0 saturated carbocycles. The molecule has 0 bridgehead atoms. The molecule has 0 spiro atoms. The van der Waals surface area contributed by atoms with E-state index in [-0.39, 0.29) is 11.0 Å². The number of fused-ring (bicyclic) bond motifs is 1. The predicted molar refractivity (Wildman–Crippen MR) is 91.2 cm³/mol. The van der Waals surface area contributed by atoms with Crippen LogP contribution in [0.2, 0.25) is 0 Å². The number of aryl methyl sites for hydroxylation is 2. The highest BCUT2D eigenvalue weighted by Crippen LogP contribution is 2.29. The second kappa shape index (κ2) is 6.23. The molecular weight excluding hydrogens is 292 g/mol. The van der Waals surface area contributed by atoms with Gasteiger partial charge in [0.1, 0.15) is 5.52 Å². The Kier molecular flexibility index (Phi) is 4.69. The van der Waals surface area contributed by atoms with Crippen molar-refractivity contribution in [2.24, 2.45) is 12.5 Å². The highest BCUT2D eigenvalue weighted by Gasteiger charge is 2.21. The number of aromatic amines is 1. The van der Waals surface area contributed by atoms with Crippen LogP contribution in [-0.4, -0.2) is 21.3 Å². The van der Waals surface area contributed by atoms with Crippen molar-refractivity contribution in [2.45, 2.75) is 40.9 Å². The Bertz CT molecular complexity index is 841. The van der Waals surface area contributed by atoms with Crippen molar-refractivity contribution >= 4 is 10.9 Å². The van der Waals surface area contributed by atoms with E-state index in [4.69, 9.17) is 4.74 Å². The van der Waals surface area contributed by atoms with Gasteiger partial charge in [-0.1, -0.05) is 11.8 Å². The minimum Gasteiger partial charge on any atom is -0.364 e. The fourth-order valence-electron chi connectivity index (χ4n) is 2.47. The van der Waals surface area contributed by atoms with Crippen LogP contribution < -0.4 is 5.56 Å². The minimum atomic E-state index is -1.09. The Hall–Kier alpha value is -2.03. The average molecular weight is 316 g/mol. The van der Waals surface area contributed by atoms with Gasteiger partial charge in [0.2, 0.25) is 0 Å². The van der Waals surface area contributed by atoms with Crippen molar-refractivity contribution in [1.29, 1.82) is 0 Å². The lowest BCUT2D eigenvalue weighted by atomic mass is 9.97. The lowest BCUT2D eigenvalue weighted by Crippen LogP contribution is -2.17. The number of aliphatic hydroxyl groups excluding tert-OH is 1. The molecule has 0 aliphatic rings. The van der Waals surface area contributed by atoms with Crippen molar-refractivity contribution in [1.82, 2.24) is 9.55 Å². The number of hydrogen-bond donors (Lipinski definition) is 2. The quantitative estimate of drug-likeness (QED) is 0.675. The summed E-state index contributed by atoms with van der Waals surface area (Å²) in [6, 6.07) is 0. The van der Waals surface area contributed by atoms with E-state index in [2.05, 4.69) is 16.8 Å². The van der Waals surface area contributed by atoms with E-state index in [9.17, 15) is 9.90 Å². The normalized spacial score (nSPS) is 13.0. The Balaban J connectivity index is 2.83. The van der Waals surface area contributed by atoms with Gasteiger partial charge in [-0.25, -0.2) is 0 Å². The number of hydrogen-bond acceptors (Lipinski definition) is 3. The summed E-state index contributed by atoms with van der Waals surface area (Å²) in [5.74, 6) is 6.33. The van der Waals surface area contributed by atoms with Crippen molar-refractivity contribution in [3.05, 3.63) is 33.4 Å². The van der Waals surface area contributed by atoms with Crippen LogP contribution in [0.5, 0.6) is 0 Å². The average Bonchev–Trinajstić information content (AvgIpc) is 2.78. The molecule has 2 aromatic rings. The van der Waals surface area contributed by atoms with Gasteiger partial charge in [-0.2, -0.15) is 0 Å². The Morgan fingerprint density at radius 1 is 1.43 bits per heavy atom. The number of aliphatic hydroxyl groups is 1. The number of rotatable bonds is 3. The van der Waals surface area contributed by atoms with E-state index in [0.717, 1.165) is 0 Å². The molecule has 23 heavy (non-hydrogen) atoms. The summed E-state index contributed by atoms with van der Waals surface area (Å²) in [6.07, 6.45) is 0.620. The molecule has 0 radical (unpaired) electrons. The lowest BCUT2D eigenvalue weighted by molar-refractivity contribution is -0.0973. The van der Waals surface area contributed by atoms with E-state index in [1.165, 1.54) is 4.57 Å². The van der Waals surface area contributed by atoms with E-state index in [1.807, 2.05) is 34.6 Å². The fraction of sp³-hybridized carbons (Fsp3) is 0.500. The first-order chi connectivity index (χ1) is 10.7. The number of nitrogens with zero attached hydrogens (tertiary/aromatic N) is 1. The molecular formula is C18H24N2O3. The molecule has 1 unspecified atom stereocenters. The summed E-state index contributed by atoms with van der Waals surface area (Å²) < 4.78 is 6.83. The first-order valence-electron chi connectivity index (χ1n) is 7.70. The molecule has 5 heteroatoms. The molecule has 2 aromatic heterocycles. The van der Waals surface area contributed by atoms with Gasteiger partial charge in [-0.05, 0) is 34.6 Å². The predicted octanol–water partition coefficient (Wildman–Crippen LogP) is 2.60. The molecule has 2 heterocycles. The number of nitrogens with one attached hydrogen (secondary N) is 1. The molecule has 124 valence electrons. The maximum atomic E-state index is 12.4. The minimum absolute atomic E-state index is 0.153. The molecule has 0 aliphatic carbocycles. The van der Waals surface area contributed by atoms with Crippen LogP contribution in [0.1, 0.15) is 50.8 Å². The summed E-state index contributed by atoms with van der Waals surface area (Å²) in [7, 11) is 1.69. The number of pyridine rings is 1. The molecule has 0 saturated heterocycles. The molecule has 2 rings (SSSR count). The molecule has 5 nitrogen and oxygen atoms in total. The standard InChI is InChI=1S/C18H24N2O3/c1-7-23-17(22)13-11(2)19-15-14(13)12(8-9-18(3,4)5)10-20(6)16(15)21/h10,17,19,22H,7H2,1-6H3. The fourth-order valence-corrected chi connectivity index (χ4v) is 2.47. The van der Waals surface area contributed by atoms with Gasteiger partial charge in [-0.15, -0.1) is 0 Å². The summed E-state index contributed by atoms with van der Waals surface area (Å²) in [5.41, 5.74) is 2.13. The van der Waals surface area contributed by atoms with Gasteiger partial charge >= 0.3 is 0 Å². The van der Waals surface area contributed by atoms with Gasteiger partial charge in [0, 0.05) is 41.9 Å². The third-order valence-electron chi connectivity index (χ3n) is 3.51. The van der Waals surface area contributed by atoms with Crippen LogP contribution in [-0.2, 0) is 11.8 Å². The zero-order valence-corrected chi connectivity index (χ0v) is 14.6. The highest BCUT2D eigenvalue weighted by atomic mass is 16.6. The number of H-pyrrole nitrogens is 1. The van der Waals surface area contributed by atoms with Crippen LogP contribution >= 0.6 is 0 Å². The van der Waals surface area contributed by atoms with Gasteiger partial charge in [0.05, 0.1) is 5.56 Å². The first kappa shape index (κ1) is 17.3. The number of aromatic nitrogens is 2. The molecule has 0 aliphatic heterocycles. The van der Waals surface area contributed by atoms with Gasteiger partial charge in [0.25, 0.3) is 5.56 Å². The van der Waals surface area contributed by atoms with Crippen molar-refractivity contribution in [3.63, 3.8) is 0 Å². The first-order valence-corrected chi connectivity index (χ1v) is 7.70. The maximum Gasteiger partial charge on any atom is 0.274 e. The second-order valence-electron chi connectivity index (χ2n) is 6.68. The van der Waals surface area contributed by atoms with E-state index in [0.29, 0.717) is 34.3 Å². The topological polar surface area (TPSA) is 67.2 Å². The van der Waals surface area contributed by atoms with Crippen LogP contribution in [0.15, 0.2) is 11.0 Å². The van der Waals surface area contributed by atoms with E-state index in [1.54, 1.807) is 13.2 Å². The van der Waals surface area contributed by atoms with Gasteiger partial charge in [0.15, 0.2) is 6.29 Å². The Morgan fingerprint density at radius 3 is 2.65 bits per heavy atom. The lowest BCUT2D eigenvalue weighted by Gasteiger charge is -2.12. The maximum absolute atomic E-state index is 12.4. The van der Waals surface area contributed by atoms with Gasteiger partial charge < -0.3 is 19.4 Å². The highest BCUT2D eigenvalue weighted by molar-refractivity contribution is 5.89. The van der Waals surface area contributed by atoms with Crippen LogP contribution in [0.25, 0.3) is 10.9 Å². The second-order valence-corrected chi connectivity index (χ2v) is 6.68. The number of ether oxygens (including phenoxy) is 1. The van der Waals surface area contributed by atoms with E-state index < -0.39 is 6.29 Å². The molecule has 2 N–H and O–H groups in total. The van der Waals surface area contributed by atoms with Crippen LogP contribution in [0, 0.1) is 24.2 Å². The Labute approximate surface area is 136 Å². The third kappa shape index (κ3) is 3.49. The summed E-state index contributed by atoms with van der Waals surface area (Å²) >= 11 is 0. The van der Waals surface area contributed by atoms with Crippen LogP contribution in [0.3, 0.4) is 0 Å². The Morgan fingerprint density at radius 2 is 2.09 bits per heavy atom. The van der Waals surface area contributed by atoms with Crippen LogP contribution in [0.4, 0.5) is 0 Å². The molecule has 0 aromatic carbocycles. The monoisotopic (exact) mass is 316 g/mol. The SMILES string of the molecule is CCOC(O)c1c(C)[nH]c2c(=O)n(C)cc(C#CC(C)(C)C)c12. The zero-order valence-electron chi connectivity index (χ0n) is 14.6. The molecule has 0 amide bonds. The van der Waals surface area contributed by atoms with Gasteiger partial charge in [-0.3, -0.25) is 4.79 Å². The van der Waals surface area contributed by atoms with E-state index >= 15 is 0 Å².